The molecule has 0 aliphatic carbocycles. The second-order valence-corrected chi connectivity index (χ2v) is 9.57. The third-order valence-electron chi connectivity index (χ3n) is 3.58. The van der Waals surface area contributed by atoms with Crippen LogP contribution in [0.3, 0.4) is 0 Å². The molecular weight excluding hydrogens is 384 g/mol. The van der Waals surface area contributed by atoms with Crippen molar-refractivity contribution in [3.05, 3.63) is 52.0 Å². The molecule has 0 heterocycles. The van der Waals surface area contributed by atoms with Gasteiger partial charge in [0, 0.05) is 0 Å². The van der Waals surface area contributed by atoms with E-state index >= 15 is 0 Å². The maximum Gasteiger partial charge on any atom is 0.262 e. The standard InChI is InChI=1S/C16H19ClN2O4S2/c1-10-9-11(2)16(12(3)15(10)19-24(4,20)21)25(22,23)18-14-8-6-5-7-13(14)17/h5-9,18-19H,1-4H3. The summed E-state index contributed by atoms with van der Waals surface area (Å²) in [5.41, 5.74) is 1.97. The van der Waals surface area contributed by atoms with Crippen LogP contribution in [0, 0.1) is 20.8 Å². The van der Waals surface area contributed by atoms with Gasteiger partial charge in [0.2, 0.25) is 10.0 Å². The van der Waals surface area contributed by atoms with E-state index in [9.17, 15) is 16.8 Å². The van der Waals surface area contributed by atoms with Crippen LogP contribution in [0.15, 0.2) is 35.2 Å². The lowest BCUT2D eigenvalue weighted by atomic mass is 10.1. The summed E-state index contributed by atoms with van der Waals surface area (Å²) in [5.74, 6) is 0. The summed E-state index contributed by atoms with van der Waals surface area (Å²) in [6.07, 6.45) is 1.02. The molecule has 0 fully saturated rings. The van der Waals surface area contributed by atoms with Crippen molar-refractivity contribution < 1.29 is 16.8 Å². The molecule has 9 heteroatoms. The first-order chi connectivity index (χ1) is 11.4. The van der Waals surface area contributed by atoms with Crippen molar-refractivity contribution in [3.63, 3.8) is 0 Å². The molecule has 25 heavy (non-hydrogen) atoms. The average Bonchev–Trinajstić information content (AvgIpc) is 2.44. The van der Waals surface area contributed by atoms with E-state index in [0.29, 0.717) is 16.7 Å². The maximum absolute atomic E-state index is 12.9. The average molecular weight is 403 g/mol. The van der Waals surface area contributed by atoms with Crippen molar-refractivity contribution in [2.24, 2.45) is 0 Å². The molecule has 6 nitrogen and oxygen atoms in total. The van der Waals surface area contributed by atoms with Crippen LogP contribution in [0.2, 0.25) is 5.02 Å². The first-order valence-electron chi connectivity index (χ1n) is 7.28. The van der Waals surface area contributed by atoms with Crippen LogP contribution in [-0.4, -0.2) is 23.1 Å². The third-order valence-corrected chi connectivity index (χ3v) is 6.13. The largest absolute Gasteiger partial charge is 0.283 e. The van der Waals surface area contributed by atoms with E-state index in [4.69, 9.17) is 11.6 Å². The number of nitrogens with one attached hydrogen (secondary N) is 2. The minimum absolute atomic E-state index is 0.0177. The Labute approximate surface area is 153 Å². The highest BCUT2D eigenvalue weighted by Gasteiger charge is 2.24. The molecule has 0 aliphatic rings. The molecule has 0 aromatic heterocycles. The van der Waals surface area contributed by atoms with Gasteiger partial charge in [-0.25, -0.2) is 16.8 Å². The van der Waals surface area contributed by atoms with E-state index < -0.39 is 20.0 Å². The van der Waals surface area contributed by atoms with Gasteiger partial charge in [0.1, 0.15) is 0 Å². The second kappa shape index (κ2) is 6.86. The van der Waals surface area contributed by atoms with Crippen molar-refractivity contribution in [3.8, 4) is 0 Å². The van der Waals surface area contributed by atoms with Gasteiger partial charge < -0.3 is 0 Å². The van der Waals surface area contributed by atoms with E-state index in [0.717, 1.165) is 6.26 Å². The van der Waals surface area contributed by atoms with E-state index in [1.54, 1.807) is 51.1 Å². The molecule has 136 valence electrons. The summed E-state index contributed by atoms with van der Waals surface area (Å²) in [7, 11) is -7.51. The summed E-state index contributed by atoms with van der Waals surface area (Å²) in [4.78, 5) is 0.0177. The Kier molecular flexibility index (Phi) is 5.36. The predicted octanol–water partition coefficient (Wildman–Crippen LogP) is 3.44. The zero-order valence-electron chi connectivity index (χ0n) is 14.2. The summed E-state index contributed by atoms with van der Waals surface area (Å²) in [6.45, 7) is 4.94. The number of anilines is 2. The number of para-hydroxylation sites is 1. The first kappa shape index (κ1) is 19.6. The fourth-order valence-corrected chi connectivity index (χ4v) is 5.14. The minimum Gasteiger partial charge on any atom is -0.283 e. The van der Waals surface area contributed by atoms with Crippen molar-refractivity contribution in [2.45, 2.75) is 25.7 Å². The minimum atomic E-state index is -3.96. The van der Waals surface area contributed by atoms with Crippen LogP contribution >= 0.6 is 11.6 Å². The van der Waals surface area contributed by atoms with Crippen molar-refractivity contribution in [1.82, 2.24) is 0 Å². The quantitative estimate of drug-likeness (QED) is 0.801. The Morgan fingerprint density at radius 1 is 0.920 bits per heavy atom. The van der Waals surface area contributed by atoms with Crippen LogP contribution in [0.1, 0.15) is 16.7 Å². The molecule has 0 atom stereocenters. The SMILES string of the molecule is Cc1cc(C)c(S(=O)(=O)Nc2ccccc2Cl)c(C)c1NS(C)(=O)=O. The lowest BCUT2D eigenvalue weighted by Gasteiger charge is -2.19. The Hall–Kier alpha value is -1.77. The maximum atomic E-state index is 12.9. The molecule has 2 aromatic carbocycles. The summed E-state index contributed by atoms with van der Waals surface area (Å²) in [5, 5.41) is 0.267. The van der Waals surface area contributed by atoms with Gasteiger partial charge >= 0.3 is 0 Å². The van der Waals surface area contributed by atoms with Crippen molar-refractivity contribution in [1.29, 1.82) is 0 Å². The van der Waals surface area contributed by atoms with Crippen LogP contribution in [0.4, 0.5) is 11.4 Å². The number of hydrogen-bond donors (Lipinski definition) is 2. The number of benzene rings is 2. The van der Waals surface area contributed by atoms with E-state index in [-0.39, 0.29) is 21.3 Å². The van der Waals surface area contributed by atoms with Crippen LogP contribution in [0.25, 0.3) is 0 Å². The molecule has 0 aliphatic heterocycles. The summed E-state index contributed by atoms with van der Waals surface area (Å²) in [6, 6.07) is 8.10. The number of sulfonamides is 2. The third kappa shape index (κ3) is 4.45. The van der Waals surface area contributed by atoms with Gasteiger partial charge in [-0.15, -0.1) is 0 Å². The lowest BCUT2D eigenvalue weighted by molar-refractivity contribution is 0.599. The highest BCUT2D eigenvalue weighted by atomic mass is 35.5. The lowest BCUT2D eigenvalue weighted by Crippen LogP contribution is -2.19. The Balaban J connectivity index is 2.61. The van der Waals surface area contributed by atoms with E-state index in [2.05, 4.69) is 9.44 Å². The normalized spacial score (nSPS) is 12.0. The zero-order chi connectivity index (χ0) is 19.0. The number of halogens is 1. The van der Waals surface area contributed by atoms with E-state index in [1.807, 2.05) is 0 Å². The zero-order valence-corrected chi connectivity index (χ0v) is 16.6. The second-order valence-electron chi connectivity index (χ2n) is 5.80. The van der Waals surface area contributed by atoms with Gasteiger partial charge in [-0.1, -0.05) is 29.8 Å². The van der Waals surface area contributed by atoms with Crippen LogP contribution < -0.4 is 9.44 Å². The molecule has 0 bridgehead atoms. The van der Waals surface area contributed by atoms with Crippen LogP contribution in [-0.2, 0) is 20.0 Å². The Morgan fingerprint density at radius 3 is 2.08 bits per heavy atom. The Morgan fingerprint density at radius 2 is 1.52 bits per heavy atom. The van der Waals surface area contributed by atoms with Gasteiger partial charge in [-0.3, -0.25) is 9.44 Å². The predicted molar refractivity (Wildman–Crippen MR) is 101 cm³/mol. The highest BCUT2D eigenvalue weighted by molar-refractivity contribution is 7.93. The number of hydrogen-bond acceptors (Lipinski definition) is 4. The molecule has 2 N–H and O–H groups in total. The van der Waals surface area contributed by atoms with Gasteiger partial charge in [-0.2, -0.15) is 0 Å². The fourth-order valence-electron chi connectivity index (χ4n) is 2.66. The van der Waals surface area contributed by atoms with Gasteiger partial charge in [0.05, 0.1) is 27.5 Å². The molecule has 2 rings (SSSR count). The molecule has 0 saturated carbocycles. The van der Waals surface area contributed by atoms with E-state index in [1.165, 1.54) is 0 Å². The molecule has 0 saturated heterocycles. The molecule has 0 spiro atoms. The van der Waals surface area contributed by atoms with Crippen LogP contribution in [0.5, 0.6) is 0 Å². The van der Waals surface area contributed by atoms with Gasteiger partial charge in [-0.05, 0) is 49.6 Å². The molecule has 0 radical (unpaired) electrons. The molecule has 0 unspecified atom stereocenters. The highest BCUT2D eigenvalue weighted by Crippen LogP contribution is 2.33. The first-order valence-corrected chi connectivity index (χ1v) is 11.0. The van der Waals surface area contributed by atoms with Crippen molar-refractivity contribution in [2.75, 3.05) is 15.7 Å². The summed E-state index contributed by atoms with van der Waals surface area (Å²) < 4.78 is 53.8. The molecular formula is C16H19ClN2O4S2. The van der Waals surface area contributed by atoms with Crippen molar-refractivity contribution >= 4 is 43.0 Å². The van der Waals surface area contributed by atoms with Gasteiger partial charge in [0.25, 0.3) is 10.0 Å². The number of aryl methyl sites for hydroxylation is 2. The molecule has 0 amide bonds. The topological polar surface area (TPSA) is 92.3 Å². The fraction of sp³-hybridized carbons (Fsp3) is 0.250. The monoisotopic (exact) mass is 402 g/mol. The molecule has 2 aromatic rings. The number of rotatable bonds is 5. The van der Waals surface area contributed by atoms with Gasteiger partial charge in [0.15, 0.2) is 0 Å². The smallest absolute Gasteiger partial charge is 0.262 e. The Bertz CT molecular complexity index is 1030. The summed E-state index contributed by atoms with van der Waals surface area (Å²) >= 11 is 6.02.